The van der Waals surface area contributed by atoms with Crippen molar-refractivity contribution in [3.63, 3.8) is 0 Å². The summed E-state index contributed by atoms with van der Waals surface area (Å²) in [7, 11) is 0. The molecule has 0 radical (unpaired) electrons. The van der Waals surface area contributed by atoms with Crippen LogP contribution in [0.15, 0.2) is 10.4 Å². The van der Waals surface area contributed by atoms with Crippen LogP contribution in [0, 0.1) is 5.92 Å². The Morgan fingerprint density at radius 2 is 1.89 bits per heavy atom. The summed E-state index contributed by atoms with van der Waals surface area (Å²) < 4.78 is 0.809. The number of anilines is 1. The summed E-state index contributed by atoms with van der Waals surface area (Å²) in [4.78, 5) is 30.2. The van der Waals surface area contributed by atoms with Crippen LogP contribution in [0.3, 0.4) is 0 Å². The number of thioether (sulfide) groups is 1. The highest BCUT2D eigenvalue weighted by atomic mass is 32.2. The largest absolute Gasteiger partial charge is 0.481 e. The number of hydrogen-bond donors (Lipinski definition) is 2. The first-order valence-corrected chi connectivity index (χ1v) is 11.8. The fourth-order valence-corrected chi connectivity index (χ4v) is 5.90. The second-order valence-corrected chi connectivity index (χ2v) is 9.83. The molecule has 150 valence electrons. The van der Waals surface area contributed by atoms with Crippen LogP contribution in [-0.4, -0.2) is 44.8 Å². The van der Waals surface area contributed by atoms with Crippen LogP contribution in [0.4, 0.5) is 9.93 Å². The van der Waals surface area contributed by atoms with Gasteiger partial charge in [-0.25, -0.2) is 9.78 Å². The summed E-state index contributed by atoms with van der Waals surface area (Å²) in [5.74, 6) is -0.0404. The molecular weight excluding hydrogens is 382 g/mol. The van der Waals surface area contributed by atoms with Gasteiger partial charge in [-0.1, -0.05) is 37.5 Å². The van der Waals surface area contributed by atoms with Crippen molar-refractivity contribution in [1.82, 2.24) is 9.88 Å². The normalized spacial score (nSPS) is 23.3. The first kappa shape index (κ1) is 20.5. The predicted molar refractivity (Wildman–Crippen MR) is 110 cm³/mol. The molecule has 2 N–H and O–H groups in total. The number of carbonyl (C=O) groups excluding carboxylic acids is 1. The summed E-state index contributed by atoms with van der Waals surface area (Å²) in [5.41, 5.74) is 0. The maximum absolute atomic E-state index is 13.1. The lowest BCUT2D eigenvalue weighted by atomic mass is 9.83. The molecule has 2 amide bonds. The number of amides is 2. The number of aliphatic carboxylic acids is 1. The smallest absolute Gasteiger partial charge is 0.324 e. The summed E-state index contributed by atoms with van der Waals surface area (Å²) in [6.45, 7) is 2.26. The van der Waals surface area contributed by atoms with Crippen molar-refractivity contribution in [2.45, 2.75) is 81.0 Å². The fraction of sp³-hybridized carbons (Fsp3) is 0.737. The molecular formula is C19H29N3O3S2. The Bertz CT molecular complexity index is 638. The summed E-state index contributed by atoms with van der Waals surface area (Å²) in [6, 6.07) is 0.636. The Balaban J connectivity index is 1.63. The molecule has 1 aromatic heterocycles. The minimum absolute atomic E-state index is 0.00441. The monoisotopic (exact) mass is 411 g/mol. The molecule has 1 heterocycles. The van der Waals surface area contributed by atoms with Gasteiger partial charge in [-0.2, -0.15) is 0 Å². The third-order valence-corrected chi connectivity index (χ3v) is 7.87. The van der Waals surface area contributed by atoms with Crippen molar-refractivity contribution in [2.75, 3.05) is 11.1 Å². The molecule has 2 aliphatic carbocycles. The zero-order valence-electron chi connectivity index (χ0n) is 15.9. The van der Waals surface area contributed by atoms with Crippen LogP contribution in [0.2, 0.25) is 0 Å². The molecule has 0 atom stereocenters. The quantitative estimate of drug-likeness (QED) is 0.613. The molecule has 3 rings (SSSR count). The Hall–Kier alpha value is -1.28. The van der Waals surface area contributed by atoms with E-state index in [4.69, 9.17) is 5.11 Å². The van der Waals surface area contributed by atoms with Crippen LogP contribution in [0.5, 0.6) is 0 Å². The Morgan fingerprint density at radius 3 is 2.52 bits per heavy atom. The molecule has 1 aromatic rings. The van der Waals surface area contributed by atoms with E-state index in [0.29, 0.717) is 17.2 Å². The van der Waals surface area contributed by atoms with Crippen LogP contribution < -0.4 is 5.32 Å². The predicted octanol–water partition coefficient (Wildman–Crippen LogP) is 5.07. The van der Waals surface area contributed by atoms with E-state index in [2.05, 4.69) is 22.1 Å². The van der Waals surface area contributed by atoms with Crippen molar-refractivity contribution in [2.24, 2.45) is 5.92 Å². The average molecular weight is 412 g/mol. The zero-order chi connectivity index (χ0) is 19.2. The van der Waals surface area contributed by atoms with Gasteiger partial charge < -0.3 is 10.0 Å². The van der Waals surface area contributed by atoms with Crippen LogP contribution in [0.25, 0.3) is 0 Å². The number of hydrogen-bond acceptors (Lipinski definition) is 5. The van der Waals surface area contributed by atoms with Gasteiger partial charge in [0.05, 0.1) is 16.2 Å². The SMILES string of the molecule is CC[C@H]1CC[C@H](N(C(=O)Nc2ncc(SCC(=O)O)s2)C2CCCC2)CC1. The Morgan fingerprint density at radius 1 is 1.22 bits per heavy atom. The zero-order valence-corrected chi connectivity index (χ0v) is 17.5. The fourth-order valence-electron chi connectivity index (χ4n) is 4.32. The van der Waals surface area contributed by atoms with Gasteiger partial charge in [0, 0.05) is 12.1 Å². The van der Waals surface area contributed by atoms with E-state index in [0.717, 1.165) is 35.8 Å². The molecule has 0 spiro atoms. The van der Waals surface area contributed by atoms with Gasteiger partial charge in [-0.05, 0) is 44.4 Å². The Labute approximate surface area is 169 Å². The highest BCUT2D eigenvalue weighted by molar-refractivity contribution is 8.01. The molecule has 2 aliphatic rings. The minimum atomic E-state index is -0.853. The van der Waals surface area contributed by atoms with E-state index >= 15 is 0 Å². The minimum Gasteiger partial charge on any atom is -0.481 e. The van der Waals surface area contributed by atoms with Gasteiger partial charge in [0.15, 0.2) is 5.13 Å². The topological polar surface area (TPSA) is 82.5 Å². The molecule has 6 nitrogen and oxygen atoms in total. The number of aromatic nitrogens is 1. The molecule has 2 saturated carbocycles. The second-order valence-electron chi connectivity index (χ2n) is 7.53. The van der Waals surface area contributed by atoms with Crippen LogP contribution in [0.1, 0.15) is 64.7 Å². The van der Waals surface area contributed by atoms with Crippen molar-refractivity contribution in [1.29, 1.82) is 0 Å². The van der Waals surface area contributed by atoms with Crippen molar-refractivity contribution >= 4 is 40.2 Å². The number of carboxylic acid groups (broad SMARTS) is 1. The highest BCUT2D eigenvalue weighted by Gasteiger charge is 2.35. The maximum atomic E-state index is 13.1. The number of urea groups is 1. The lowest BCUT2D eigenvalue weighted by Crippen LogP contribution is -2.49. The number of rotatable bonds is 7. The van der Waals surface area contributed by atoms with Gasteiger partial charge in [0.25, 0.3) is 0 Å². The van der Waals surface area contributed by atoms with Gasteiger partial charge >= 0.3 is 12.0 Å². The second kappa shape index (κ2) is 9.78. The van der Waals surface area contributed by atoms with E-state index in [-0.39, 0.29) is 11.8 Å². The number of nitrogens with one attached hydrogen (secondary N) is 1. The van der Waals surface area contributed by atoms with Crippen molar-refractivity contribution < 1.29 is 14.7 Å². The average Bonchev–Trinajstić information content (AvgIpc) is 3.33. The third-order valence-electron chi connectivity index (χ3n) is 5.78. The molecule has 2 fully saturated rings. The van der Waals surface area contributed by atoms with Crippen molar-refractivity contribution in [3.8, 4) is 0 Å². The molecule has 0 unspecified atom stereocenters. The first-order valence-electron chi connectivity index (χ1n) is 9.96. The summed E-state index contributed by atoms with van der Waals surface area (Å²) in [6.07, 6.45) is 12.1. The van der Waals surface area contributed by atoms with E-state index < -0.39 is 5.97 Å². The summed E-state index contributed by atoms with van der Waals surface area (Å²) >= 11 is 2.58. The van der Waals surface area contributed by atoms with E-state index in [1.165, 1.54) is 55.2 Å². The molecule has 0 aromatic carbocycles. The number of thiazole rings is 1. The lowest BCUT2D eigenvalue weighted by molar-refractivity contribution is -0.133. The van der Waals surface area contributed by atoms with Crippen LogP contribution >= 0.6 is 23.1 Å². The lowest BCUT2D eigenvalue weighted by Gasteiger charge is -2.40. The van der Waals surface area contributed by atoms with Gasteiger partial charge in [0.2, 0.25) is 0 Å². The van der Waals surface area contributed by atoms with Gasteiger partial charge in [0.1, 0.15) is 0 Å². The summed E-state index contributed by atoms with van der Waals surface area (Å²) in [5, 5.41) is 12.3. The molecule has 27 heavy (non-hydrogen) atoms. The van der Waals surface area contributed by atoms with Gasteiger partial charge in [-0.3, -0.25) is 10.1 Å². The molecule has 0 aliphatic heterocycles. The molecule has 8 heteroatoms. The van der Waals surface area contributed by atoms with E-state index in [1.54, 1.807) is 6.20 Å². The standard InChI is InChI=1S/C19H29N3O3S2/c1-2-13-7-9-15(10-8-13)22(14-5-3-4-6-14)19(25)21-18-20-11-17(27-18)26-12-16(23)24/h11,13-15H,2-10,12H2,1H3,(H,23,24)(H,20,21,25)/t13-,15-. The van der Waals surface area contributed by atoms with Crippen molar-refractivity contribution in [3.05, 3.63) is 6.20 Å². The molecule has 0 saturated heterocycles. The highest BCUT2D eigenvalue weighted by Crippen LogP contribution is 2.35. The number of carbonyl (C=O) groups is 2. The number of carboxylic acids is 1. The third kappa shape index (κ3) is 5.60. The van der Waals surface area contributed by atoms with E-state index in [9.17, 15) is 9.59 Å². The maximum Gasteiger partial charge on any atom is 0.324 e. The molecule has 0 bridgehead atoms. The first-order chi connectivity index (χ1) is 13.1. The number of nitrogens with zero attached hydrogens (tertiary/aromatic N) is 2. The van der Waals surface area contributed by atoms with Gasteiger partial charge in [-0.15, -0.1) is 11.8 Å². The Kier molecular flexibility index (Phi) is 7.41. The van der Waals surface area contributed by atoms with E-state index in [1.807, 2.05) is 0 Å². The van der Waals surface area contributed by atoms with Crippen LogP contribution in [-0.2, 0) is 4.79 Å².